The lowest BCUT2D eigenvalue weighted by atomic mass is 10.1. The van der Waals surface area contributed by atoms with Crippen LogP contribution in [0.25, 0.3) is 0 Å². The van der Waals surface area contributed by atoms with E-state index < -0.39 is 5.91 Å². The van der Waals surface area contributed by atoms with Crippen LogP contribution in [-0.4, -0.2) is 5.91 Å². The number of carbonyl (C=O) groups is 1. The van der Waals surface area contributed by atoms with E-state index >= 15 is 0 Å². The molecule has 0 spiro atoms. The van der Waals surface area contributed by atoms with Crippen molar-refractivity contribution in [3.05, 3.63) is 63.7 Å². The van der Waals surface area contributed by atoms with Crippen molar-refractivity contribution in [2.75, 3.05) is 0 Å². The number of rotatable bonds is 4. The molecule has 0 aliphatic heterocycles. The molecule has 0 atom stereocenters. The van der Waals surface area contributed by atoms with Gasteiger partial charge in [-0.3, -0.25) is 4.79 Å². The molecular weight excluding hydrogens is 286 g/mol. The van der Waals surface area contributed by atoms with Gasteiger partial charge in [0, 0.05) is 16.1 Å². The first-order chi connectivity index (χ1) is 10.2. The van der Waals surface area contributed by atoms with Crippen molar-refractivity contribution in [1.29, 1.82) is 0 Å². The van der Waals surface area contributed by atoms with Crippen molar-refractivity contribution < 1.29 is 9.53 Å². The molecule has 0 saturated carbocycles. The maximum Gasteiger partial charge on any atom is 0.249 e. The SMILES string of the molecule is NC(=O)c1ccccc1COc1ccc(Cl)c2c1CCC2. The lowest BCUT2D eigenvalue weighted by molar-refractivity contribution is 0.0998. The van der Waals surface area contributed by atoms with Gasteiger partial charge in [-0.2, -0.15) is 0 Å². The summed E-state index contributed by atoms with van der Waals surface area (Å²) in [5.74, 6) is 0.418. The molecular formula is C17H16ClNO2. The average molecular weight is 302 g/mol. The topological polar surface area (TPSA) is 52.3 Å². The molecule has 0 saturated heterocycles. The van der Waals surface area contributed by atoms with Gasteiger partial charge in [-0.25, -0.2) is 0 Å². The summed E-state index contributed by atoms with van der Waals surface area (Å²) in [6.07, 6.45) is 3.10. The number of amides is 1. The van der Waals surface area contributed by atoms with Crippen LogP contribution < -0.4 is 10.5 Å². The number of carbonyl (C=O) groups excluding carboxylic acids is 1. The zero-order valence-corrected chi connectivity index (χ0v) is 12.3. The van der Waals surface area contributed by atoms with Crippen LogP contribution >= 0.6 is 11.6 Å². The van der Waals surface area contributed by atoms with Crippen LogP contribution in [0.2, 0.25) is 5.02 Å². The zero-order valence-electron chi connectivity index (χ0n) is 11.6. The number of fused-ring (bicyclic) bond motifs is 1. The van der Waals surface area contributed by atoms with Crippen LogP contribution in [0.1, 0.15) is 33.5 Å². The highest BCUT2D eigenvalue weighted by molar-refractivity contribution is 6.31. The van der Waals surface area contributed by atoms with E-state index in [1.54, 1.807) is 12.1 Å². The second kappa shape index (κ2) is 5.78. The minimum Gasteiger partial charge on any atom is -0.489 e. The zero-order chi connectivity index (χ0) is 14.8. The third-order valence-electron chi connectivity index (χ3n) is 3.85. The van der Waals surface area contributed by atoms with Gasteiger partial charge < -0.3 is 10.5 Å². The standard InChI is InChI=1S/C17H16ClNO2/c18-15-8-9-16(14-7-3-6-13(14)15)21-10-11-4-1-2-5-12(11)17(19)20/h1-2,4-5,8-9H,3,6-7,10H2,(H2,19,20). The summed E-state index contributed by atoms with van der Waals surface area (Å²) in [6, 6.07) is 11.0. The lowest BCUT2D eigenvalue weighted by Gasteiger charge is -2.13. The van der Waals surface area contributed by atoms with Gasteiger partial charge in [0.15, 0.2) is 0 Å². The van der Waals surface area contributed by atoms with Crippen molar-refractivity contribution in [2.45, 2.75) is 25.9 Å². The summed E-state index contributed by atoms with van der Waals surface area (Å²) in [5, 5.41) is 0.812. The summed E-state index contributed by atoms with van der Waals surface area (Å²) in [4.78, 5) is 11.4. The molecule has 3 nitrogen and oxygen atoms in total. The van der Waals surface area contributed by atoms with Gasteiger partial charge in [0.2, 0.25) is 5.91 Å². The van der Waals surface area contributed by atoms with Gasteiger partial charge in [0.25, 0.3) is 0 Å². The Morgan fingerprint density at radius 2 is 1.90 bits per heavy atom. The molecule has 2 aromatic rings. The second-order valence-corrected chi connectivity index (χ2v) is 5.57. The van der Waals surface area contributed by atoms with Crippen LogP contribution in [0.3, 0.4) is 0 Å². The van der Waals surface area contributed by atoms with Gasteiger partial charge >= 0.3 is 0 Å². The van der Waals surface area contributed by atoms with Gasteiger partial charge in [0.1, 0.15) is 12.4 Å². The number of benzene rings is 2. The predicted octanol–water partition coefficient (Wildman–Crippen LogP) is 3.51. The molecule has 0 aromatic heterocycles. The largest absolute Gasteiger partial charge is 0.489 e. The Hall–Kier alpha value is -2.00. The number of ether oxygens (including phenoxy) is 1. The van der Waals surface area contributed by atoms with E-state index in [2.05, 4.69) is 0 Å². The highest BCUT2D eigenvalue weighted by Gasteiger charge is 2.19. The quantitative estimate of drug-likeness (QED) is 0.939. The van der Waals surface area contributed by atoms with Gasteiger partial charge in [-0.1, -0.05) is 29.8 Å². The van der Waals surface area contributed by atoms with Crippen molar-refractivity contribution in [1.82, 2.24) is 0 Å². The molecule has 1 aliphatic carbocycles. The number of primary amides is 1. The summed E-state index contributed by atoms with van der Waals surface area (Å²) < 4.78 is 5.91. The first-order valence-corrected chi connectivity index (χ1v) is 7.35. The summed E-state index contributed by atoms with van der Waals surface area (Å²) >= 11 is 6.21. The van der Waals surface area contributed by atoms with E-state index in [4.69, 9.17) is 22.1 Å². The molecule has 2 N–H and O–H groups in total. The number of hydrogen-bond donors (Lipinski definition) is 1. The molecule has 108 valence electrons. The van der Waals surface area contributed by atoms with Crippen LogP contribution in [0.5, 0.6) is 5.75 Å². The van der Waals surface area contributed by atoms with Crippen molar-refractivity contribution in [3.63, 3.8) is 0 Å². The predicted molar refractivity (Wildman–Crippen MR) is 82.8 cm³/mol. The molecule has 21 heavy (non-hydrogen) atoms. The maximum atomic E-state index is 11.4. The Bertz CT molecular complexity index is 697. The molecule has 1 aliphatic rings. The third kappa shape index (κ3) is 2.74. The molecule has 0 unspecified atom stereocenters. The van der Waals surface area contributed by atoms with E-state index in [1.807, 2.05) is 24.3 Å². The van der Waals surface area contributed by atoms with Gasteiger partial charge in [-0.05, 0) is 48.6 Å². The highest BCUT2D eigenvalue weighted by atomic mass is 35.5. The smallest absolute Gasteiger partial charge is 0.249 e. The fourth-order valence-corrected chi connectivity index (χ4v) is 3.08. The third-order valence-corrected chi connectivity index (χ3v) is 4.20. The monoisotopic (exact) mass is 301 g/mol. The molecule has 0 bridgehead atoms. The normalized spacial score (nSPS) is 13.0. The molecule has 2 aromatic carbocycles. The van der Waals surface area contributed by atoms with Crippen molar-refractivity contribution >= 4 is 17.5 Å². The van der Waals surface area contributed by atoms with Crippen LogP contribution in [0.15, 0.2) is 36.4 Å². The fraction of sp³-hybridized carbons (Fsp3) is 0.235. The van der Waals surface area contributed by atoms with Crippen molar-refractivity contribution in [2.24, 2.45) is 5.73 Å². The molecule has 0 fully saturated rings. The van der Waals surface area contributed by atoms with E-state index in [-0.39, 0.29) is 0 Å². The number of halogens is 1. The minimum absolute atomic E-state index is 0.327. The Balaban J connectivity index is 1.84. The molecule has 0 radical (unpaired) electrons. The summed E-state index contributed by atoms with van der Waals surface area (Å²) in [5.41, 5.74) is 9.07. The molecule has 3 rings (SSSR count). The van der Waals surface area contributed by atoms with Gasteiger partial charge in [-0.15, -0.1) is 0 Å². The average Bonchev–Trinajstić information content (AvgIpc) is 2.97. The highest BCUT2D eigenvalue weighted by Crippen LogP contribution is 2.35. The Kier molecular flexibility index (Phi) is 3.84. The first-order valence-electron chi connectivity index (χ1n) is 6.97. The molecule has 4 heteroatoms. The number of hydrogen-bond acceptors (Lipinski definition) is 2. The Morgan fingerprint density at radius 3 is 2.71 bits per heavy atom. The minimum atomic E-state index is -0.435. The Labute approximate surface area is 128 Å². The molecule has 0 heterocycles. The van der Waals surface area contributed by atoms with Crippen molar-refractivity contribution in [3.8, 4) is 5.75 Å². The Morgan fingerprint density at radius 1 is 1.14 bits per heavy atom. The molecule has 1 amide bonds. The van der Waals surface area contributed by atoms with E-state index in [0.717, 1.165) is 35.6 Å². The van der Waals surface area contributed by atoms with Crippen LogP contribution in [-0.2, 0) is 19.4 Å². The first kappa shape index (κ1) is 14.0. The van der Waals surface area contributed by atoms with Gasteiger partial charge in [0.05, 0.1) is 0 Å². The van der Waals surface area contributed by atoms with Crippen LogP contribution in [0.4, 0.5) is 0 Å². The summed E-state index contributed by atoms with van der Waals surface area (Å²) in [6.45, 7) is 0.327. The summed E-state index contributed by atoms with van der Waals surface area (Å²) in [7, 11) is 0. The number of nitrogens with two attached hydrogens (primary N) is 1. The van der Waals surface area contributed by atoms with E-state index in [1.165, 1.54) is 11.1 Å². The van der Waals surface area contributed by atoms with Crippen LogP contribution in [0, 0.1) is 0 Å². The fourth-order valence-electron chi connectivity index (χ4n) is 2.81. The van der Waals surface area contributed by atoms with E-state index in [0.29, 0.717) is 12.2 Å². The lowest BCUT2D eigenvalue weighted by Crippen LogP contribution is -2.14. The maximum absolute atomic E-state index is 11.4. The second-order valence-electron chi connectivity index (χ2n) is 5.17. The van der Waals surface area contributed by atoms with E-state index in [9.17, 15) is 4.79 Å².